The van der Waals surface area contributed by atoms with E-state index in [1.165, 1.54) is 23.1 Å². The van der Waals surface area contributed by atoms with E-state index >= 15 is 0 Å². The molecule has 9 heteroatoms. The molecule has 0 radical (unpaired) electrons. The Bertz CT molecular complexity index is 706. The van der Waals surface area contributed by atoms with Crippen LogP contribution in [-0.4, -0.2) is 63.1 Å². The topological polar surface area (TPSA) is 60.0 Å². The Balaban J connectivity index is 0.00000392. The summed E-state index contributed by atoms with van der Waals surface area (Å²) in [6.07, 6.45) is 0.698. The second-order valence-corrected chi connectivity index (χ2v) is 6.91. The van der Waals surface area contributed by atoms with Crippen LogP contribution in [0.1, 0.15) is 13.3 Å². The molecule has 1 atom stereocenters. The zero-order chi connectivity index (χ0) is 20.0. The minimum Gasteiger partial charge on any atom is -0.365 e. The van der Waals surface area contributed by atoms with Crippen molar-refractivity contribution < 1.29 is 13.6 Å². The lowest BCUT2D eigenvalue weighted by atomic mass is 10.2. The number of rotatable bonds is 6. The number of likely N-dealkylation sites (N-methyl/N-ethyl adjacent to an activating group) is 1. The molecule has 1 aromatic carbocycles. The van der Waals surface area contributed by atoms with Gasteiger partial charge in [0.1, 0.15) is 23.9 Å². The quantitative estimate of drug-likeness (QED) is 0.269. The van der Waals surface area contributed by atoms with Gasteiger partial charge in [0.05, 0.1) is 0 Å². The van der Waals surface area contributed by atoms with Gasteiger partial charge in [0.2, 0.25) is 5.91 Å². The van der Waals surface area contributed by atoms with Crippen LogP contribution in [0.25, 0.3) is 0 Å². The van der Waals surface area contributed by atoms with Crippen molar-refractivity contribution in [2.24, 2.45) is 4.99 Å². The monoisotopic (exact) mass is 507 g/mol. The number of aliphatic imine (C=N–C) groups is 1. The normalized spacial score (nSPS) is 16.4. The van der Waals surface area contributed by atoms with Gasteiger partial charge < -0.3 is 20.4 Å². The zero-order valence-corrected chi connectivity index (χ0v) is 18.8. The SMILES string of the molecule is C=C(C)CNC(=NCC(=O)N(C)C)NC1CCN(c2c(F)cccc2F)C1.I. The van der Waals surface area contributed by atoms with Crippen LogP contribution >= 0.6 is 24.0 Å². The average molecular weight is 507 g/mol. The first-order valence-corrected chi connectivity index (χ1v) is 8.86. The Hall–Kier alpha value is -1.91. The first-order valence-electron chi connectivity index (χ1n) is 8.86. The predicted octanol–water partition coefficient (Wildman–Crippen LogP) is 2.36. The third-order valence-corrected chi connectivity index (χ3v) is 4.21. The van der Waals surface area contributed by atoms with Crippen molar-refractivity contribution >= 4 is 41.5 Å². The van der Waals surface area contributed by atoms with Gasteiger partial charge in [-0.15, -0.1) is 24.0 Å². The number of hydrogen-bond donors (Lipinski definition) is 2. The second-order valence-electron chi connectivity index (χ2n) is 6.91. The minimum absolute atomic E-state index is 0. The average Bonchev–Trinajstić information content (AvgIpc) is 3.04. The van der Waals surface area contributed by atoms with Gasteiger partial charge in [-0.2, -0.15) is 0 Å². The molecule has 1 aromatic rings. The summed E-state index contributed by atoms with van der Waals surface area (Å²) in [6.45, 7) is 7.21. The van der Waals surface area contributed by atoms with Crippen LogP contribution in [0, 0.1) is 11.6 Å². The molecule has 1 amide bonds. The van der Waals surface area contributed by atoms with Crippen molar-refractivity contribution in [3.8, 4) is 0 Å². The number of nitrogens with one attached hydrogen (secondary N) is 2. The number of amides is 1. The largest absolute Gasteiger partial charge is 0.365 e. The molecule has 6 nitrogen and oxygen atoms in total. The summed E-state index contributed by atoms with van der Waals surface area (Å²) in [5, 5.41) is 6.36. The molecule has 1 aliphatic heterocycles. The van der Waals surface area contributed by atoms with Crippen LogP contribution in [0.4, 0.5) is 14.5 Å². The summed E-state index contributed by atoms with van der Waals surface area (Å²) in [6, 6.07) is 3.82. The highest BCUT2D eigenvalue weighted by atomic mass is 127. The molecule has 2 N–H and O–H groups in total. The fourth-order valence-corrected chi connectivity index (χ4v) is 2.74. The Morgan fingerprint density at radius 1 is 1.36 bits per heavy atom. The number of nitrogens with zero attached hydrogens (tertiary/aromatic N) is 3. The third-order valence-electron chi connectivity index (χ3n) is 4.21. The Morgan fingerprint density at radius 2 is 2.00 bits per heavy atom. The van der Waals surface area contributed by atoms with Crippen LogP contribution in [0.3, 0.4) is 0 Å². The summed E-state index contributed by atoms with van der Waals surface area (Å²) in [5.41, 5.74) is 0.919. The molecule has 1 unspecified atom stereocenters. The van der Waals surface area contributed by atoms with Crippen molar-refractivity contribution in [2.75, 3.05) is 45.2 Å². The number of para-hydroxylation sites is 1. The molecule has 0 spiro atoms. The molecule has 0 bridgehead atoms. The summed E-state index contributed by atoms with van der Waals surface area (Å²) in [4.78, 5) is 19.3. The summed E-state index contributed by atoms with van der Waals surface area (Å²) < 4.78 is 28.0. The summed E-state index contributed by atoms with van der Waals surface area (Å²) in [7, 11) is 3.34. The standard InChI is InChI=1S/C19H27F2N5O.HI/c1-13(2)10-22-19(23-11-17(27)25(3)4)24-14-8-9-26(12-14)18-15(20)6-5-7-16(18)21;/h5-7,14H,1,8-12H2,2-4H3,(H2,22,23,24);1H. The molecular weight excluding hydrogens is 479 g/mol. The molecule has 0 saturated carbocycles. The van der Waals surface area contributed by atoms with Gasteiger partial charge in [-0.05, 0) is 25.5 Å². The summed E-state index contributed by atoms with van der Waals surface area (Å²) >= 11 is 0. The lowest BCUT2D eigenvalue weighted by Crippen LogP contribution is -2.45. The van der Waals surface area contributed by atoms with Gasteiger partial charge in [0.15, 0.2) is 5.96 Å². The molecule has 0 aromatic heterocycles. The van der Waals surface area contributed by atoms with Gasteiger partial charge >= 0.3 is 0 Å². The van der Waals surface area contributed by atoms with Crippen molar-refractivity contribution in [3.63, 3.8) is 0 Å². The van der Waals surface area contributed by atoms with E-state index in [0.717, 1.165) is 5.57 Å². The lowest BCUT2D eigenvalue weighted by Gasteiger charge is -2.21. The third kappa shape index (κ3) is 6.92. The zero-order valence-electron chi connectivity index (χ0n) is 16.5. The van der Waals surface area contributed by atoms with E-state index < -0.39 is 11.6 Å². The predicted molar refractivity (Wildman–Crippen MR) is 119 cm³/mol. The highest BCUT2D eigenvalue weighted by Crippen LogP contribution is 2.26. The van der Waals surface area contributed by atoms with Crippen LogP contribution in [-0.2, 0) is 4.79 Å². The maximum Gasteiger partial charge on any atom is 0.243 e. The van der Waals surface area contributed by atoms with E-state index in [-0.39, 0.29) is 48.2 Å². The molecule has 2 rings (SSSR count). The molecule has 1 fully saturated rings. The highest BCUT2D eigenvalue weighted by molar-refractivity contribution is 14.0. The Morgan fingerprint density at radius 3 is 2.57 bits per heavy atom. The van der Waals surface area contributed by atoms with Crippen LogP contribution < -0.4 is 15.5 Å². The van der Waals surface area contributed by atoms with Gasteiger partial charge in [0, 0.05) is 39.8 Å². The number of carbonyl (C=O) groups is 1. The molecule has 1 heterocycles. The van der Waals surface area contributed by atoms with Gasteiger partial charge in [0.25, 0.3) is 0 Å². The Kier molecular flexibility index (Phi) is 9.63. The van der Waals surface area contributed by atoms with Crippen molar-refractivity contribution in [3.05, 3.63) is 42.0 Å². The number of carbonyl (C=O) groups excluding carboxylic acids is 1. The van der Waals surface area contributed by atoms with E-state index in [9.17, 15) is 13.6 Å². The fraction of sp³-hybridized carbons (Fsp3) is 0.474. The smallest absolute Gasteiger partial charge is 0.243 e. The maximum atomic E-state index is 14.0. The molecule has 156 valence electrons. The van der Waals surface area contributed by atoms with Crippen molar-refractivity contribution in [2.45, 2.75) is 19.4 Å². The van der Waals surface area contributed by atoms with Crippen LogP contribution in [0.5, 0.6) is 0 Å². The van der Waals surface area contributed by atoms with Crippen LogP contribution in [0.15, 0.2) is 35.3 Å². The van der Waals surface area contributed by atoms with Gasteiger partial charge in [-0.1, -0.05) is 18.2 Å². The number of benzene rings is 1. The number of anilines is 1. The molecule has 28 heavy (non-hydrogen) atoms. The number of halogens is 3. The first-order chi connectivity index (χ1) is 12.8. The maximum absolute atomic E-state index is 14.0. The van der Waals surface area contributed by atoms with Gasteiger partial charge in [-0.25, -0.2) is 13.8 Å². The van der Waals surface area contributed by atoms with E-state index in [2.05, 4.69) is 22.2 Å². The molecular formula is C19H28F2IN5O. The van der Waals surface area contributed by atoms with E-state index in [4.69, 9.17) is 0 Å². The highest BCUT2D eigenvalue weighted by Gasteiger charge is 2.27. The minimum atomic E-state index is -0.568. The summed E-state index contributed by atoms with van der Waals surface area (Å²) in [5.74, 6) is -0.773. The Labute approximate surface area is 182 Å². The van der Waals surface area contributed by atoms with E-state index in [0.29, 0.717) is 32.0 Å². The van der Waals surface area contributed by atoms with Crippen molar-refractivity contribution in [1.29, 1.82) is 0 Å². The van der Waals surface area contributed by atoms with Crippen LogP contribution in [0.2, 0.25) is 0 Å². The van der Waals surface area contributed by atoms with E-state index in [1.54, 1.807) is 19.0 Å². The molecule has 1 aliphatic rings. The second kappa shape index (κ2) is 11.2. The van der Waals surface area contributed by atoms with Crippen molar-refractivity contribution in [1.82, 2.24) is 15.5 Å². The molecule has 1 saturated heterocycles. The number of guanidine groups is 1. The lowest BCUT2D eigenvalue weighted by molar-refractivity contribution is -0.127. The molecule has 0 aliphatic carbocycles. The number of hydrogen-bond acceptors (Lipinski definition) is 3. The fourth-order valence-electron chi connectivity index (χ4n) is 2.74. The van der Waals surface area contributed by atoms with Gasteiger partial charge in [-0.3, -0.25) is 4.79 Å². The van der Waals surface area contributed by atoms with E-state index in [1.807, 2.05) is 6.92 Å². The first kappa shape index (κ1) is 24.1.